The summed E-state index contributed by atoms with van der Waals surface area (Å²) in [5.74, 6) is 0. The van der Waals surface area contributed by atoms with Gasteiger partial charge in [-0.15, -0.1) is 0 Å². The van der Waals surface area contributed by atoms with Gasteiger partial charge in [-0.05, 0) is 25.0 Å². The van der Waals surface area contributed by atoms with Gasteiger partial charge in [0, 0.05) is 12.6 Å². The van der Waals surface area contributed by atoms with Crippen LogP contribution in [0.5, 0.6) is 0 Å². The first-order valence-electron chi connectivity index (χ1n) is 5.23. The van der Waals surface area contributed by atoms with Crippen LogP contribution in [0.2, 0.25) is 0 Å². The molecule has 0 saturated carbocycles. The van der Waals surface area contributed by atoms with Crippen LogP contribution >= 0.6 is 0 Å². The van der Waals surface area contributed by atoms with E-state index >= 15 is 0 Å². The lowest BCUT2D eigenvalue weighted by molar-refractivity contribution is 0.152. The molecule has 0 fully saturated rings. The van der Waals surface area contributed by atoms with Gasteiger partial charge in [-0.3, -0.25) is 0 Å². The van der Waals surface area contributed by atoms with Gasteiger partial charge in [-0.1, -0.05) is 24.3 Å². The van der Waals surface area contributed by atoms with Crippen LogP contribution in [-0.2, 0) is 13.2 Å². The van der Waals surface area contributed by atoms with Gasteiger partial charge in [0.05, 0.1) is 12.7 Å². The molecule has 0 aliphatic rings. The van der Waals surface area contributed by atoms with E-state index in [0.29, 0.717) is 0 Å². The van der Waals surface area contributed by atoms with Gasteiger partial charge >= 0.3 is 0 Å². The van der Waals surface area contributed by atoms with Crippen LogP contribution in [0.1, 0.15) is 25.0 Å². The molecule has 0 heterocycles. The molecule has 0 aromatic heterocycles. The Morgan fingerprint density at radius 3 is 2.13 bits per heavy atom. The monoisotopic (exact) mass is 209 g/mol. The zero-order valence-electron chi connectivity index (χ0n) is 9.27. The fraction of sp³-hybridized carbons (Fsp3) is 0.500. The molecule has 0 bridgehead atoms. The maximum atomic E-state index is 9.29. The van der Waals surface area contributed by atoms with Crippen molar-refractivity contribution in [2.24, 2.45) is 0 Å². The predicted molar refractivity (Wildman–Crippen MR) is 60.3 cm³/mol. The van der Waals surface area contributed by atoms with Crippen molar-refractivity contribution in [3.05, 3.63) is 35.4 Å². The standard InChI is InChI=1S/C12H19NO2/c1-9(10(2)15)13-7-11-3-5-12(8-14)6-4-11/h3-6,9-10,13-15H,7-8H2,1-2H3. The van der Waals surface area contributed by atoms with E-state index in [0.717, 1.165) is 17.7 Å². The van der Waals surface area contributed by atoms with E-state index in [4.69, 9.17) is 5.11 Å². The Kier molecular flexibility index (Phi) is 4.75. The minimum absolute atomic E-state index is 0.0811. The van der Waals surface area contributed by atoms with Gasteiger partial charge in [-0.25, -0.2) is 0 Å². The van der Waals surface area contributed by atoms with Gasteiger partial charge in [0.25, 0.3) is 0 Å². The molecule has 0 aliphatic heterocycles. The van der Waals surface area contributed by atoms with Crippen molar-refractivity contribution in [2.75, 3.05) is 0 Å². The smallest absolute Gasteiger partial charge is 0.0681 e. The van der Waals surface area contributed by atoms with Crippen LogP contribution in [0, 0.1) is 0 Å². The molecular weight excluding hydrogens is 190 g/mol. The Labute approximate surface area is 90.8 Å². The maximum Gasteiger partial charge on any atom is 0.0681 e. The summed E-state index contributed by atoms with van der Waals surface area (Å²) in [5.41, 5.74) is 2.07. The molecule has 0 amide bonds. The molecule has 0 saturated heterocycles. The number of aliphatic hydroxyl groups is 2. The Balaban J connectivity index is 2.44. The maximum absolute atomic E-state index is 9.29. The molecular formula is C12H19NO2. The Bertz CT molecular complexity index is 282. The summed E-state index contributed by atoms with van der Waals surface area (Å²) in [6.45, 7) is 4.54. The molecule has 15 heavy (non-hydrogen) atoms. The molecule has 2 unspecified atom stereocenters. The van der Waals surface area contributed by atoms with Gasteiger partial charge in [0.2, 0.25) is 0 Å². The first kappa shape index (κ1) is 12.2. The molecule has 0 aliphatic carbocycles. The van der Waals surface area contributed by atoms with Crippen LogP contribution in [0.4, 0.5) is 0 Å². The van der Waals surface area contributed by atoms with Crippen molar-refractivity contribution in [2.45, 2.75) is 39.1 Å². The highest BCUT2D eigenvalue weighted by atomic mass is 16.3. The van der Waals surface area contributed by atoms with Crippen molar-refractivity contribution in [3.63, 3.8) is 0 Å². The Hall–Kier alpha value is -0.900. The third-order valence-corrected chi connectivity index (χ3v) is 2.56. The largest absolute Gasteiger partial charge is 0.392 e. The second kappa shape index (κ2) is 5.85. The zero-order chi connectivity index (χ0) is 11.3. The summed E-state index contributed by atoms with van der Waals surface area (Å²) in [7, 11) is 0. The van der Waals surface area contributed by atoms with Gasteiger partial charge in [0.1, 0.15) is 0 Å². The number of aliphatic hydroxyl groups excluding tert-OH is 2. The summed E-state index contributed by atoms with van der Waals surface area (Å²) >= 11 is 0. The van der Waals surface area contributed by atoms with Gasteiger partial charge < -0.3 is 15.5 Å². The zero-order valence-corrected chi connectivity index (χ0v) is 9.27. The average molecular weight is 209 g/mol. The number of hydrogen-bond donors (Lipinski definition) is 3. The van der Waals surface area contributed by atoms with Crippen molar-refractivity contribution < 1.29 is 10.2 Å². The van der Waals surface area contributed by atoms with E-state index in [1.54, 1.807) is 6.92 Å². The molecule has 0 spiro atoms. The highest BCUT2D eigenvalue weighted by Gasteiger charge is 2.06. The lowest BCUT2D eigenvalue weighted by atomic mass is 10.1. The van der Waals surface area contributed by atoms with Crippen molar-refractivity contribution in [3.8, 4) is 0 Å². The summed E-state index contributed by atoms with van der Waals surface area (Å²) < 4.78 is 0. The topological polar surface area (TPSA) is 52.5 Å². The van der Waals surface area contributed by atoms with E-state index in [1.165, 1.54) is 0 Å². The van der Waals surface area contributed by atoms with E-state index in [2.05, 4.69) is 5.32 Å². The molecule has 1 aromatic carbocycles. The molecule has 1 aromatic rings. The fourth-order valence-corrected chi connectivity index (χ4v) is 1.21. The summed E-state index contributed by atoms with van der Waals surface area (Å²) in [5, 5.41) is 21.4. The quantitative estimate of drug-likeness (QED) is 0.679. The number of benzene rings is 1. The van der Waals surface area contributed by atoms with Crippen LogP contribution in [0.25, 0.3) is 0 Å². The SMILES string of the molecule is CC(O)C(C)NCc1ccc(CO)cc1. The Morgan fingerprint density at radius 2 is 1.67 bits per heavy atom. The first-order chi connectivity index (χ1) is 7.13. The van der Waals surface area contributed by atoms with Crippen molar-refractivity contribution in [1.82, 2.24) is 5.32 Å². The van der Waals surface area contributed by atoms with Crippen LogP contribution in [-0.4, -0.2) is 22.4 Å². The van der Waals surface area contributed by atoms with Crippen molar-refractivity contribution >= 4 is 0 Å². The molecule has 2 atom stereocenters. The lowest BCUT2D eigenvalue weighted by Crippen LogP contribution is -2.34. The first-order valence-corrected chi connectivity index (χ1v) is 5.23. The van der Waals surface area contributed by atoms with Crippen LogP contribution in [0.15, 0.2) is 24.3 Å². The van der Waals surface area contributed by atoms with Crippen LogP contribution < -0.4 is 5.32 Å². The summed E-state index contributed by atoms with van der Waals surface area (Å²) in [4.78, 5) is 0. The highest BCUT2D eigenvalue weighted by molar-refractivity contribution is 5.21. The van der Waals surface area contributed by atoms with Gasteiger partial charge in [0.15, 0.2) is 0 Å². The van der Waals surface area contributed by atoms with E-state index in [-0.39, 0.29) is 18.8 Å². The molecule has 3 nitrogen and oxygen atoms in total. The van der Waals surface area contributed by atoms with Crippen LogP contribution in [0.3, 0.4) is 0 Å². The summed E-state index contributed by atoms with van der Waals surface area (Å²) in [6, 6.07) is 7.86. The lowest BCUT2D eigenvalue weighted by Gasteiger charge is -2.16. The highest BCUT2D eigenvalue weighted by Crippen LogP contribution is 2.04. The number of rotatable bonds is 5. The van der Waals surface area contributed by atoms with Gasteiger partial charge in [-0.2, -0.15) is 0 Å². The Morgan fingerprint density at radius 1 is 1.13 bits per heavy atom. The normalized spacial score (nSPS) is 14.9. The predicted octanol–water partition coefficient (Wildman–Crippen LogP) is 1.04. The number of nitrogens with one attached hydrogen (secondary N) is 1. The molecule has 1 rings (SSSR count). The third-order valence-electron chi connectivity index (χ3n) is 2.56. The number of hydrogen-bond acceptors (Lipinski definition) is 3. The van der Waals surface area contributed by atoms with Crippen molar-refractivity contribution in [1.29, 1.82) is 0 Å². The average Bonchev–Trinajstić information content (AvgIpc) is 2.26. The minimum atomic E-state index is -0.346. The van der Waals surface area contributed by atoms with E-state index in [9.17, 15) is 5.11 Å². The van der Waals surface area contributed by atoms with E-state index < -0.39 is 0 Å². The molecule has 0 radical (unpaired) electrons. The molecule has 3 heteroatoms. The molecule has 3 N–H and O–H groups in total. The second-order valence-electron chi connectivity index (χ2n) is 3.88. The third kappa shape index (κ3) is 4.00. The fourth-order valence-electron chi connectivity index (χ4n) is 1.21. The molecule has 84 valence electrons. The second-order valence-corrected chi connectivity index (χ2v) is 3.88. The van der Waals surface area contributed by atoms with E-state index in [1.807, 2.05) is 31.2 Å². The minimum Gasteiger partial charge on any atom is -0.392 e. The summed E-state index contributed by atoms with van der Waals surface area (Å²) in [6.07, 6.45) is -0.346.